The van der Waals surface area contributed by atoms with E-state index in [1.165, 1.54) is 21.3 Å². The zero-order valence-electron chi connectivity index (χ0n) is 11.8. The van der Waals surface area contributed by atoms with Crippen molar-refractivity contribution in [2.24, 2.45) is 0 Å². The molecule has 0 N–H and O–H groups in total. The number of hydrogen-bond acceptors (Lipinski definition) is 4. The Bertz CT molecular complexity index is 483. The summed E-state index contributed by atoms with van der Waals surface area (Å²) in [6.07, 6.45) is 0.717. The van der Waals surface area contributed by atoms with Crippen LogP contribution in [0.15, 0.2) is 10.5 Å². The van der Waals surface area contributed by atoms with Gasteiger partial charge in [-0.05, 0) is 22.0 Å². The summed E-state index contributed by atoms with van der Waals surface area (Å²) < 4.78 is 38.4. The van der Waals surface area contributed by atoms with E-state index < -0.39 is 0 Å². The molecule has 9 heteroatoms. The Kier molecular flexibility index (Phi) is 25.4. The normalized spacial score (nSPS) is 6.82. The van der Waals surface area contributed by atoms with Crippen molar-refractivity contribution in [2.45, 2.75) is 0 Å². The average molecular weight is 411 g/mol. The Morgan fingerprint density at radius 2 is 1.36 bits per heavy atom. The average Bonchev–Trinajstić information content (AvgIpc) is 2.59. The van der Waals surface area contributed by atoms with Gasteiger partial charge in [-0.15, -0.1) is 0 Å². The van der Waals surface area contributed by atoms with E-state index in [0.717, 1.165) is 0 Å². The van der Waals surface area contributed by atoms with Crippen LogP contribution in [-0.2, 0) is 31.3 Å². The summed E-state index contributed by atoms with van der Waals surface area (Å²) in [4.78, 5) is 10.8. The van der Waals surface area contributed by atoms with Crippen LogP contribution in [0.25, 0.3) is 0 Å². The van der Waals surface area contributed by atoms with E-state index >= 15 is 0 Å². The van der Waals surface area contributed by atoms with Crippen LogP contribution in [0.1, 0.15) is 10.4 Å². The first kappa shape index (κ1) is 28.7. The molecule has 0 aliphatic rings. The van der Waals surface area contributed by atoms with E-state index in [1.807, 2.05) is 0 Å². The number of halogens is 1. The van der Waals surface area contributed by atoms with Crippen molar-refractivity contribution in [3.63, 3.8) is 0 Å². The molecule has 0 amide bonds. The second-order valence-corrected chi connectivity index (χ2v) is 3.46. The second kappa shape index (κ2) is 19.5. The minimum atomic E-state index is 0. The van der Waals surface area contributed by atoms with E-state index in [4.69, 9.17) is 28.2 Å². The van der Waals surface area contributed by atoms with Gasteiger partial charge in [0.05, 0.1) is 25.8 Å². The van der Waals surface area contributed by atoms with E-state index in [2.05, 4.69) is 35.9 Å². The van der Waals surface area contributed by atoms with Gasteiger partial charge in [0, 0.05) is 22.9 Å². The first-order valence-electron chi connectivity index (χ1n) is 4.74. The molecule has 0 heterocycles. The topological polar surface area (TPSA) is 104 Å². The minimum Gasteiger partial charge on any atom is 0 e. The zero-order valence-corrected chi connectivity index (χ0v) is 14.7. The molecule has 0 fully saturated rings. The van der Waals surface area contributed by atoms with Gasteiger partial charge in [0.2, 0.25) is 5.75 Å². The maximum atomic E-state index is 10.8. The van der Waals surface area contributed by atoms with E-state index in [1.54, 1.807) is 6.07 Å². The summed E-state index contributed by atoms with van der Waals surface area (Å²) in [5.74, 6) is 1.36. The molecular weight excluding hydrogens is 400 g/mol. The van der Waals surface area contributed by atoms with Gasteiger partial charge in [-0.1, -0.05) is 0 Å². The van der Waals surface area contributed by atoms with Crippen LogP contribution in [0.4, 0.5) is 0 Å². The first-order chi connectivity index (χ1) is 10.2. The third-order valence-corrected chi connectivity index (χ3v) is 2.74. The molecule has 0 radical (unpaired) electrons. The molecular formula is C13H11BrCrO7. The number of methoxy groups -OCH3 is 3. The maximum absolute atomic E-state index is 10.8. The second-order valence-electron chi connectivity index (χ2n) is 2.67. The fourth-order valence-corrected chi connectivity index (χ4v) is 1.78. The number of benzene rings is 1. The Morgan fingerprint density at radius 3 is 1.64 bits per heavy atom. The fourth-order valence-electron chi connectivity index (χ4n) is 1.23. The number of hydrogen-bond donors (Lipinski definition) is 0. The molecule has 1 aromatic rings. The van der Waals surface area contributed by atoms with Crippen LogP contribution in [0.2, 0.25) is 0 Å². The van der Waals surface area contributed by atoms with Crippen LogP contribution in [0, 0.1) is 20.0 Å². The van der Waals surface area contributed by atoms with E-state index in [-0.39, 0.29) is 17.4 Å². The summed E-state index contributed by atoms with van der Waals surface area (Å²) >= 11 is 3.26. The number of aldehydes is 1. The Labute approximate surface area is 147 Å². The summed E-state index contributed by atoms with van der Waals surface area (Å²) in [6, 6.07) is 1.58. The molecule has 1 aromatic carbocycles. The van der Waals surface area contributed by atoms with Gasteiger partial charge in [0.1, 0.15) is 0 Å². The van der Waals surface area contributed by atoms with Crippen molar-refractivity contribution >= 4 is 22.2 Å². The third-order valence-electron chi connectivity index (χ3n) is 1.92. The Hall–Kier alpha value is -1.48. The number of carbonyl (C=O) groups excluding carboxylic acids is 1. The number of rotatable bonds is 4. The van der Waals surface area contributed by atoms with Gasteiger partial charge in [-0.3, -0.25) is 4.79 Å². The van der Waals surface area contributed by atoms with Crippen LogP contribution in [0.3, 0.4) is 0 Å². The number of ether oxygens (including phenoxy) is 3. The van der Waals surface area contributed by atoms with Crippen LogP contribution >= 0.6 is 15.9 Å². The van der Waals surface area contributed by atoms with Crippen molar-refractivity contribution in [3.8, 4) is 17.2 Å². The van der Waals surface area contributed by atoms with Crippen LogP contribution < -0.4 is 14.2 Å². The Balaban J connectivity index is -0.000000206. The van der Waals surface area contributed by atoms with Gasteiger partial charge < -0.3 is 14.2 Å². The quantitative estimate of drug-likeness (QED) is 0.430. The van der Waals surface area contributed by atoms with E-state index in [0.29, 0.717) is 33.6 Å². The van der Waals surface area contributed by atoms with Crippen molar-refractivity contribution in [3.05, 3.63) is 36.1 Å². The van der Waals surface area contributed by atoms with Crippen molar-refractivity contribution < 1.29 is 50.3 Å². The number of carbonyl (C=O) groups is 1. The fraction of sp³-hybridized carbons (Fsp3) is 0.231. The van der Waals surface area contributed by atoms with Crippen molar-refractivity contribution in [1.29, 1.82) is 0 Å². The molecule has 0 aromatic heterocycles. The van der Waals surface area contributed by atoms with Crippen molar-refractivity contribution in [2.75, 3.05) is 21.3 Å². The maximum Gasteiger partial charge on any atom is 0 e. The van der Waals surface area contributed by atoms with Crippen LogP contribution in [0.5, 0.6) is 17.2 Å². The molecule has 0 saturated carbocycles. The molecule has 0 spiro atoms. The Morgan fingerprint density at radius 1 is 0.955 bits per heavy atom. The summed E-state index contributed by atoms with van der Waals surface area (Å²) in [7, 11) is 4.50. The molecule has 0 aliphatic carbocycles. The molecule has 1 rings (SSSR count). The van der Waals surface area contributed by atoms with Crippen molar-refractivity contribution in [1.82, 2.24) is 0 Å². The summed E-state index contributed by atoms with van der Waals surface area (Å²) in [5.41, 5.74) is 0.449. The van der Waals surface area contributed by atoms with E-state index in [9.17, 15) is 4.79 Å². The van der Waals surface area contributed by atoms with Gasteiger partial charge in [-0.25, -0.2) is 0 Å². The first-order valence-corrected chi connectivity index (χ1v) is 5.53. The third kappa shape index (κ3) is 8.08. The predicted octanol–water partition coefficient (Wildman–Crippen LogP) is 2.17. The van der Waals surface area contributed by atoms with Gasteiger partial charge >= 0.3 is 33.9 Å². The molecule has 118 valence electrons. The summed E-state index contributed by atoms with van der Waals surface area (Å²) in [5, 5.41) is 0. The molecule has 22 heavy (non-hydrogen) atoms. The van der Waals surface area contributed by atoms with Gasteiger partial charge in [0.25, 0.3) is 0 Å². The minimum absolute atomic E-state index is 0. The molecule has 0 bridgehead atoms. The largest absolute Gasteiger partial charge is 0 e. The standard InChI is InChI=1S/C10H11BrO4.3CO.Cr/c1-13-7-4-6(5-12)8(11)10(15-3)9(7)14-2;3*1-2;/h4-5H,1-3H3;;;;. The zero-order chi connectivity index (χ0) is 17.4. The molecule has 0 aliphatic heterocycles. The van der Waals surface area contributed by atoms with Crippen LogP contribution in [-0.4, -0.2) is 27.6 Å². The molecule has 0 saturated heterocycles. The molecule has 0 unspecified atom stereocenters. The smallest absolute Gasteiger partial charge is 0 e. The summed E-state index contributed by atoms with van der Waals surface area (Å²) in [6.45, 7) is 13.5. The monoisotopic (exact) mass is 410 g/mol. The SMILES string of the molecule is COc1cc(C=O)c(Br)c(OC)c1OC.[C-]#[O+].[C-]#[O+].[C-]#[O+].[Cr]. The van der Waals surface area contributed by atoms with Gasteiger partial charge in [-0.2, -0.15) is 0 Å². The molecule has 0 atom stereocenters. The molecule has 7 nitrogen and oxygen atoms in total. The van der Waals surface area contributed by atoms with Gasteiger partial charge in [0.15, 0.2) is 17.8 Å². The predicted molar refractivity (Wildman–Crippen MR) is 71.0 cm³/mol.